The second-order valence-electron chi connectivity index (χ2n) is 4.08. The van der Waals surface area contributed by atoms with Gasteiger partial charge in [0.15, 0.2) is 0 Å². The highest BCUT2D eigenvalue weighted by Gasteiger charge is 2.10. The van der Waals surface area contributed by atoms with Crippen LogP contribution in [-0.4, -0.2) is 50.3 Å². The molecule has 18 heavy (non-hydrogen) atoms. The van der Waals surface area contributed by atoms with Crippen molar-refractivity contribution in [3.63, 3.8) is 0 Å². The molecule has 1 aliphatic heterocycles. The molecule has 0 bridgehead atoms. The molecule has 0 saturated carbocycles. The summed E-state index contributed by atoms with van der Waals surface area (Å²) in [6, 6.07) is 3.88. The third-order valence-corrected chi connectivity index (χ3v) is 3.59. The van der Waals surface area contributed by atoms with Crippen LogP contribution in [0.4, 0.5) is 0 Å². The van der Waals surface area contributed by atoms with Gasteiger partial charge in [-0.05, 0) is 11.4 Å². The van der Waals surface area contributed by atoms with Gasteiger partial charge in [0.2, 0.25) is 5.91 Å². The van der Waals surface area contributed by atoms with Gasteiger partial charge in [0.1, 0.15) is 0 Å². The molecule has 100 valence electrons. The van der Waals surface area contributed by atoms with Crippen LogP contribution in [-0.2, 0) is 20.8 Å². The number of carbonyl (C=O) groups is 1. The summed E-state index contributed by atoms with van der Waals surface area (Å²) in [6.45, 7) is 4.77. The minimum absolute atomic E-state index is 0.0978. The van der Waals surface area contributed by atoms with Crippen molar-refractivity contribution in [3.05, 3.63) is 22.4 Å². The second kappa shape index (κ2) is 7.48. The third-order valence-electron chi connectivity index (χ3n) is 2.71. The van der Waals surface area contributed by atoms with Gasteiger partial charge in [-0.2, -0.15) is 0 Å². The minimum atomic E-state index is -0.0978. The molecule has 0 unspecified atom stereocenters. The number of hydrogen-bond acceptors (Lipinski definition) is 5. The molecule has 1 aromatic rings. The molecule has 6 heteroatoms. The molecule has 0 spiro atoms. The number of morpholine rings is 1. The van der Waals surface area contributed by atoms with Crippen LogP contribution in [0, 0.1) is 0 Å². The monoisotopic (exact) mass is 270 g/mol. The maximum atomic E-state index is 11.5. The number of ether oxygens (including phenoxy) is 1. The van der Waals surface area contributed by atoms with Crippen molar-refractivity contribution in [2.75, 3.05) is 39.5 Å². The topological polar surface area (TPSA) is 50.8 Å². The fourth-order valence-corrected chi connectivity index (χ4v) is 2.44. The van der Waals surface area contributed by atoms with E-state index in [9.17, 15) is 4.79 Å². The van der Waals surface area contributed by atoms with Gasteiger partial charge in [0, 0.05) is 24.5 Å². The molecule has 0 aromatic carbocycles. The number of carbonyl (C=O) groups excluding carboxylic acids is 1. The highest BCUT2D eigenvalue weighted by molar-refractivity contribution is 7.10. The highest BCUT2D eigenvalue weighted by atomic mass is 32.1. The summed E-state index contributed by atoms with van der Waals surface area (Å²) < 4.78 is 5.25. The molecule has 2 heterocycles. The van der Waals surface area contributed by atoms with E-state index in [0.29, 0.717) is 13.0 Å². The van der Waals surface area contributed by atoms with E-state index >= 15 is 0 Å². The van der Waals surface area contributed by atoms with Gasteiger partial charge < -0.3 is 4.74 Å². The van der Waals surface area contributed by atoms with E-state index in [2.05, 4.69) is 10.4 Å². The van der Waals surface area contributed by atoms with Crippen molar-refractivity contribution in [1.82, 2.24) is 10.4 Å². The molecule has 5 nitrogen and oxygen atoms in total. The van der Waals surface area contributed by atoms with Crippen LogP contribution < -0.4 is 5.48 Å². The lowest BCUT2D eigenvalue weighted by atomic mass is 10.3. The maximum Gasteiger partial charge on any atom is 0.248 e. The van der Waals surface area contributed by atoms with Crippen LogP contribution in [0.1, 0.15) is 4.88 Å². The number of amides is 1. The minimum Gasteiger partial charge on any atom is -0.379 e. The van der Waals surface area contributed by atoms with Crippen LogP contribution in [0.3, 0.4) is 0 Å². The van der Waals surface area contributed by atoms with Gasteiger partial charge >= 0.3 is 0 Å². The average molecular weight is 270 g/mol. The molecule has 1 aromatic heterocycles. The number of hydrogen-bond donors (Lipinski definition) is 1. The summed E-state index contributed by atoms with van der Waals surface area (Å²) in [5.74, 6) is -0.0978. The summed E-state index contributed by atoms with van der Waals surface area (Å²) in [6.07, 6.45) is 0.384. The van der Waals surface area contributed by atoms with E-state index in [1.807, 2.05) is 17.5 Å². The summed E-state index contributed by atoms with van der Waals surface area (Å²) >= 11 is 1.57. The number of hydroxylamine groups is 1. The smallest absolute Gasteiger partial charge is 0.248 e. The normalized spacial score (nSPS) is 16.7. The molecule has 2 rings (SSSR count). The van der Waals surface area contributed by atoms with Gasteiger partial charge in [-0.15, -0.1) is 11.3 Å². The molecule has 1 aliphatic rings. The van der Waals surface area contributed by atoms with Gasteiger partial charge in [-0.3, -0.25) is 14.5 Å². The van der Waals surface area contributed by atoms with Gasteiger partial charge in [-0.25, -0.2) is 5.48 Å². The fraction of sp³-hybridized carbons (Fsp3) is 0.583. The largest absolute Gasteiger partial charge is 0.379 e. The van der Waals surface area contributed by atoms with Crippen molar-refractivity contribution in [2.24, 2.45) is 0 Å². The predicted octanol–water partition coefficient (Wildman–Crippen LogP) is 0.671. The maximum absolute atomic E-state index is 11.5. The Kier molecular flexibility index (Phi) is 5.60. The Bertz CT molecular complexity index is 350. The quantitative estimate of drug-likeness (QED) is 0.610. The zero-order valence-corrected chi connectivity index (χ0v) is 11.1. The van der Waals surface area contributed by atoms with E-state index < -0.39 is 0 Å². The molecule has 0 atom stereocenters. The highest BCUT2D eigenvalue weighted by Crippen LogP contribution is 2.08. The fourth-order valence-electron chi connectivity index (χ4n) is 1.74. The van der Waals surface area contributed by atoms with Crippen molar-refractivity contribution < 1.29 is 14.4 Å². The zero-order chi connectivity index (χ0) is 12.6. The summed E-state index contributed by atoms with van der Waals surface area (Å²) in [4.78, 5) is 20.0. The van der Waals surface area contributed by atoms with E-state index in [1.54, 1.807) is 11.3 Å². The number of nitrogens with one attached hydrogen (secondary N) is 1. The lowest BCUT2D eigenvalue weighted by Gasteiger charge is -2.26. The zero-order valence-electron chi connectivity index (χ0n) is 10.3. The first kappa shape index (κ1) is 13.5. The molecule has 1 saturated heterocycles. The Morgan fingerprint density at radius 1 is 1.50 bits per heavy atom. The molecule has 1 amide bonds. The Morgan fingerprint density at radius 2 is 2.33 bits per heavy atom. The predicted molar refractivity (Wildman–Crippen MR) is 69.4 cm³/mol. The first-order valence-electron chi connectivity index (χ1n) is 6.08. The average Bonchev–Trinajstić information content (AvgIpc) is 2.89. The summed E-state index contributed by atoms with van der Waals surface area (Å²) in [7, 11) is 0. The first-order valence-corrected chi connectivity index (χ1v) is 6.95. The third kappa shape index (κ3) is 4.73. The summed E-state index contributed by atoms with van der Waals surface area (Å²) in [5.41, 5.74) is 2.47. The van der Waals surface area contributed by atoms with Crippen molar-refractivity contribution in [2.45, 2.75) is 6.42 Å². The van der Waals surface area contributed by atoms with Gasteiger partial charge in [0.05, 0.1) is 26.2 Å². The molecule has 0 radical (unpaired) electrons. The SMILES string of the molecule is O=C(Cc1cccs1)NOCCN1CCOCC1. The van der Waals surface area contributed by atoms with E-state index in [4.69, 9.17) is 9.57 Å². The van der Waals surface area contributed by atoms with Crippen molar-refractivity contribution in [1.29, 1.82) is 0 Å². The Morgan fingerprint density at radius 3 is 3.06 bits per heavy atom. The summed E-state index contributed by atoms with van der Waals surface area (Å²) in [5, 5.41) is 1.96. The second-order valence-corrected chi connectivity index (χ2v) is 5.12. The van der Waals surface area contributed by atoms with E-state index in [-0.39, 0.29) is 5.91 Å². The lowest BCUT2D eigenvalue weighted by molar-refractivity contribution is -0.133. The standard InChI is InChI=1S/C12H18N2O3S/c15-12(10-11-2-1-9-18-11)13-17-8-5-14-3-6-16-7-4-14/h1-2,9H,3-8,10H2,(H,13,15). The van der Waals surface area contributed by atoms with Crippen LogP contribution >= 0.6 is 11.3 Å². The number of thiophene rings is 1. The molecular formula is C12H18N2O3S. The lowest BCUT2D eigenvalue weighted by Crippen LogP contribution is -2.39. The Hall–Kier alpha value is -0.950. The molecular weight excluding hydrogens is 252 g/mol. The van der Waals surface area contributed by atoms with E-state index in [1.165, 1.54) is 0 Å². The molecule has 1 fully saturated rings. The first-order chi connectivity index (χ1) is 8.84. The van der Waals surface area contributed by atoms with Gasteiger partial charge in [0.25, 0.3) is 0 Å². The number of rotatable bonds is 6. The van der Waals surface area contributed by atoms with Crippen molar-refractivity contribution in [3.8, 4) is 0 Å². The van der Waals surface area contributed by atoms with Crippen molar-refractivity contribution >= 4 is 17.2 Å². The molecule has 0 aliphatic carbocycles. The Labute approximate surface area is 111 Å². The van der Waals surface area contributed by atoms with Crippen LogP contribution in [0.25, 0.3) is 0 Å². The van der Waals surface area contributed by atoms with Crippen LogP contribution in [0.5, 0.6) is 0 Å². The van der Waals surface area contributed by atoms with Crippen LogP contribution in [0.2, 0.25) is 0 Å². The van der Waals surface area contributed by atoms with E-state index in [0.717, 1.165) is 37.7 Å². The van der Waals surface area contributed by atoms with Crippen LogP contribution in [0.15, 0.2) is 17.5 Å². The molecule has 1 N–H and O–H groups in total. The number of nitrogens with zero attached hydrogens (tertiary/aromatic N) is 1. The van der Waals surface area contributed by atoms with Gasteiger partial charge in [-0.1, -0.05) is 6.07 Å². The Balaban J connectivity index is 1.53.